The van der Waals surface area contributed by atoms with Crippen LogP contribution in [0.25, 0.3) is 0 Å². The van der Waals surface area contributed by atoms with E-state index in [2.05, 4.69) is 0 Å². The van der Waals surface area contributed by atoms with Crippen LogP contribution in [0.1, 0.15) is 12.8 Å². The van der Waals surface area contributed by atoms with Gasteiger partial charge in [-0.25, -0.2) is 0 Å². The van der Waals surface area contributed by atoms with Crippen molar-refractivity contribution >= 4 is 11.9 Å². The molecule has 0 aromatic heterocycles. The van der Waals surface area contributed by atoms with Gasteiger partial charge in [0.25, 0.3) is 0 Å². The number of fused-ring (bicyclic) bond motifs is 2. The van der Waals surface area contributed by atoms with Crippen molar-refractivity contribution in [2.45, 2.75) is 25.0 Å². The van der Waals surface area contributed by atoms with E-state index in [1.54, 1.807) is 0 Å². The van der Waals surface area contributed by atoms with Crippen LogP contribution in [-0.2, 0) is 14.3 Å². The van der Waals surface area contributed by atoms with E-state index in [1.165, 1.54) is 0 Å². The highest BCUT2D eigenvalue weighted by Crippen LogP contribution is 2.43. The lowest BCUT2D eigenvalue weighted by molar-refractivity contribution is -0.154. The molecule has 0 aromatic rings. The highest BCUT2D eigenvalue weighted by molar-refractivity contribution is 5.82. The predicted molar refractivity (Wildman–Crippen MR) is 40.1 cm³/mol. The highest BCUT2D eigenvalue weighted by Gasteiger charge is 2.55. The molecule has 0 spiro atoms. The second kappa shape index (κ2) is 2.70. The lowest BCUT2D eigenvalue weighted by Gasteiger charge is -2.20. The number of carboxylic acid groups (broad SMARTS) is 2. The Labute approximate surface area is 74.3 Å². The van der Waals surface area contributed by atoms with E-state index in [1.807, 2.05) is 0 Å². The van der Waals surface area contributed by atoms with Gasteiger partial charge in [0.05, 0.1) is 24.0 Å². The Morgan fingerprint density at radius 2 is 1.38 bits per heavy atom. The summed E-state index contributed by atoms with van der Waals surface area (Å²) in [5.41, 5.74) is 0. The zero-order valence-corrected chi connectivity index (χ0v) is 6.84. The summed E-state index contributed by atoms with van der Waals surface area (Å²) in [7, 11) is 0. The largest absolute Gasteiger partial charge is 0.481 e. The Morgan fingerprint density at radius 3 is 1.69 bits per heavy atom. The van der Waals surface area contributed by atoms with Gasteiger partial charge in [0.2, 0.25) is 0 Å². The smallest absolute Gasteiger partial charge is 0.310 e. The molecule has 2 unspecified atom stereocenters. The van der Waals surface area contributed by atoms with Gasteiger partial charge in [-0.3, -0.25) is 9.59 Å². The van der Waals surface area contributed by atoms with Gasteiger partial charge in [-0.05, 0) is 12.8 Å². The maximum absolute atomic E-state index is 10.8. The fraction of sp³-hybridized carbons (Fsp3) is 0.750. The van der Waals surface area contributed by atoms with Gasteiger partial charge in [-0.15, -0.1) is 0 Å². The van der Waals surface area contributed by atoms with Crippen LogP contribution in [0.4, 0.5) is 0 Å². The number of hydrogen-bond donors (Lipinski definition) is 2. The third-order valence-electron chi connectivity index (χ3n) is 2.84. The van der Waals surface area contributed by atoms with Crippen LogP contribution in [0.3, 0.4) is 0 Å². The molecular formula is C8H10O5. The Balaban J connectivity index is 2.24. The molecule has 2 N–H and O–H groups in total. The minimum Gasteiger partial charge on any atom is -0.481 e. The lowest BCUT2D eigenvalue weighted by Crippen LogP contribution is -2.38. The monoisotopic (exact) mass is 186 g/mol. The second-order valence-electron chi connectivity index (χ2n) is 3.52. The molecule has 0 amide bonds. The quantitative estimate of drug-likeness (QED) is 0.631. The van der Waals surface area contributed by atoms with E-state index in [-0.39, 0.29) is 12.2 Å². The van der Waals surface area contributed by atoms with Crippen molar-refractivity contribution in [2.24, 2.45) is 11.8 Å². The summed E-state index contributed by atoms with van der Waals surface area (Å²) in [5, 5.41) is 17.6. The molecule has 72 valence electrons. The molecule has 5 heteroatoms. The number of rotatable bonds is 2. The normalized spacial score (nSPS) is 42.2. The van der Waals surface area contributed by atoms with Crippen LogP contribution in [0.2, 0.25) is 0 Å². The average molecular weight is 186 g/mol. The molecule has 0 radical (unpaired) electrons. The van der Waals surface area contributed by atoms with Gasteiger partial charge in [0, 0.05) is 0 Å². The summed E-state index contributed by atoms with van der Waals surface area (Å²) in [5.74, 6) is -3.81. The van der Waals surface area contributed by atoms with Gasteiger partial charge in [0.15, 0.2) is 0 Å². The van der Waals surface area contributed by atoms with Crippen LogP contribution in [0.15, 0.2) is 0 Å². The molecule has 2 saturated heterocycles. The Bertz CT molecular complexity index is 235. The zero-order valence-electron chi connectivity index (χ0n) is 6.84. The first kappa shape index (κ1) is 8.50. The van der Waals surface area contributed by atoms with Crippen molar-refractivity contribution in [2.75, 3.05) is 0 Å². The fourth-order valence-corrected chi connectivity index (χ4v) is 2.31. The van der Waals surface area contributed by atoms with Crippen molar-refractivity contribution < 1.29 is 24.5 Å². The summed E-state index contributed by atoms with van der Waals surface area (Å²) >= 11 is 0. The van der Waals surface area contributed by atoms with Crippen LogP contribution in [0.5, 0.6) is 0 Å². The van der Waals surface area contributed by atoms with E-state index in [0.29, 0.717) is 12.8 Å². The Morgan fingerprint density at radius 1 is 1.00 bits per heavy atom. The molecule has 2 aliphatic heterocycles. The molecule has 13 heavy (non-hydrogen) atoms. The van der Waals surface area contributed by atoms with Crippen molar-refractivity contribution in [3.8, 4) is 0 Å². The molecule has 0 saturated carbocycles. The van der Waals surface area contributed by atoms with E-state index in [4.69, 9.17) is 14.9 Å². The zero-order chi connectivity index (χ0) is 9.59. The molecule has 2 aliphatic rings. The van der Waals surface area contributed by atoms with Crippen molar-refractivity contribution in [3.05, 3.63) is 0 Å². The van der Waals surface area contributed by atoms with Crippen LogP contribution in [0, 0.1) is 11.8 Å². The van der Waals surface area contributed by atoms with E-state index < -0.39 is 23.8 Å². The summed E-state index contributed by atoms with van der Waals surface area (Å²) < 4.78 is 5.26. The SMILES string of the molecule is O=C(O)C1C2CC[C@H](O2)[C@@H]1C(=O)O. The Hall–Kier alpha value is -1.10. The maximum atomic E-state index is 10.8. The topological polar surface area (TPSA) is 83.8 Å². The second-order valence-corrected chi connectivity index (χ2v) is 3.52. The molecule has 0 aliphatic carbocycles. The first-order valence-corrected chi connectivity index (χ1v) is 4.22. The molecule has 2 bridgehead atoms. The summed E-state index contributed by atoms with van der Waals surface area (Å²) in [6, 6.07) is 0. The maximum Gasteiger partial charge on any atom is 0.310 e. The number of aliphatic carboxylic acids is 2. The van der Waals surface area contributed by atoms with Gasteiger partial charge in [-0.1, -0.05) is 0 Å². The predicted octanol–water partition coefficient (Wildman–Crippen LogP) is -0.0508. The van der Waals surface area contributed by atoms with Crippen molar-refractivity contribution in [1.82, 2.24) is 0 Å². The third-order valence-corrected chi connectivity index (χ3v) is 2.84. The summed E-state index contributed by atoms with van der Waals surface area (Å²) in [4.78, 5) is 21.5. The number of ether oxygens (including phenoxy) is 1. The molecular weight excluding hydrogens is 176 g/mol. The molecule has 5 nitrogen and oxygen atoms in total. The average Bonchev–Trinajstić information content (AvgIpc) is 2.60. The Kier molecular flexibility index (Phi) is 1.76. The van der Waals surface area contributed by atoms with Crippen LogP contribution in [-0.4, -0.2) is 34.4 Å². The van der Waals surface area contributed by atoms with Crippen molar-refractivity contribution in [1.29, 1.82) is 0 Å². The summed E-state index contributed by atoms with van der Waals surface area (Å²) in [6.45, 7) is 0. The first-order chi connectivity index (χ1) is 6.11. The standard InChI is InChI=1S/C8H10O5/c9-7(10)5-3-1-2-4(13-3)6(5)8(11)12/h3-6H,1-2H2,(H,9,10)(H,11,12)/t3-,4?,5-,6?/m0/s1. The van der Waals surface area contributed by atoms with Gasteiger partial charge < -0.3 is 14.9 Å². The van der Waals surface area contributed by atoms with E-state index in [9.17, 15) is 9.59 Å². The first-order valence-electron chi connectivity index (χ1n) is 4.22. The summed E-state index contributed by atoms with van der Waals surface area (Å²) in [6.07, 6.45) is 0.573. The molecule has 2 rings (SSSR count). The minimum absolute atomic E-state index is 0.386. The lowest BCUT2D eigenvalue weighted by atomic mass is 9.79. The molecule has 0 aromatic carbocycles. The minimum atomic E-state index is -1.06. The van der Waals surface area contributed by atoms with Crippen LogP contribution >= 0.6 is 0 Å². The number of hydrogen-bond acceptors (Lipinski definition) is 3. The highest BCUT2D eigenvalue weighted by atomic mass is 16.5. The van der Waals surface area contributed by atoms with Gasteiger partial charge >= 0.3 is 11.9 Å². The molecule has 2 fully saturated rings. The number of carbonyl (C=O) groups is 2. The fourth-order valence-electron chi connectivity index (χ4n) is 2.31. The van der Waals surface area contributed by atoms with Gasteiger partial charge in [-0.2, -0.15) is 0 Å². The van der Waals surface area contributed by atoms with Crippen LogP contribution < -0.4 is 0 Å². The third kappa shape index (κ3) is 1.11. The molecule has 2 heterocycles. The van der Waals surface area contributed by atoms with E-state index in [0.717, 1.165) is 0 Å². The van der Waals surface area contributed by atoms with Gasteiger partial charge in [0.1, 0.15) is 0 Å². The molecule has 4 atom stereocenters. The van der Waals surface area contributed by atoms with Crippen molar-refractivity contribution in [3.63, 3.8) is 0 Å². The number of carboxylic acids is 2. The van der Waals surface area contributed by atoms with E-state index >= 15 is 0 Å².